The summed E-state index contributed by atoms with van der Waals surface area (Å²) >= 11 is 0. The van der Waals surface area contributed by atoms with Crippen LogP contribution in [0, 0.1) is 0 Å². The summed E-state index contributed by atoms with van der Waals surface area (Å²) in [6, 6.07) is 0. The van der Waals surface area contributed by atoms with Crippen molar-refractivity contribution in [3.63, 3.8) is 0 Å². The number of fused-ring (bicyclic) bond motifs is 1. The zero-order valence-electron chi connectivity index (χ0n) is 9.09. The van der Waals surface area contributed by atoms with Gasteiger partial charge in [-0.2, -0.15) is 15.3 Å². The molecule has 0 N–H and O–H groups in total. The van der Waals surface area contributed by atoms with Crippen molar-refractivity contribution in [2.75, 3.05) is 13.6 Å². The molecule has 15 heavy (non-hydrogen) atoms. The molecular formula is C10H15N5. The molecule has 0 bridgehead atoms. The van der Waals surface area contributed by atoms with Crippen LogP contribution < -0.4 is 0 Å². The van der Waals surface area contributed by atoms with E-state index in [0.29, 0.717) is 0 Å². The van der Waals surface area contributed by atoms with Gasteiger partial charge in [0, 0.05) is 19.5 Å². The third-order valence-corrected chi connectivity index (χ3v) is 2.72. The summed E-state index contributed by atoms with van der Waals surface area (Å²) in [6.45, 7) is 6.36. The van der Waals surface area contributed by atoms with Crippen molar-refractivity contribution >= 4 is 18.6 Å². The Labute approximate surface area is 89.5 Å². The highest BCUT2D eigenvalue weighted by molar-refractivity contribution is 6.34. The molecule has 1 unspecified atom stereocenters. The topological polar surface area (TPSA) is 43.6 Å². The van der Waals surface area contributed by atoms with Gasteiger partial charge < -0.3 is 4.90 Å². The summed E-state index contributed by atoms with van der Waals surface area (Å²) in [5, 5.41) is 9.60. The highest BCUT2D eigenvalue weighted by Gasteiger charge is 2.32. The van der Waals surface area contributed by atoms with Crippen LogP contribution in [0.1, 0.15) is 13.3 Å². The van der Waals surface area contributed by atoms with Crippen molar-refractivity contribution < 1.29 is 0 Å². The Balaban J connectivity index is 2.32. The third-order valence-electron chi connectivity index (χ3n) is 2.72. The lowest BCUT2D eigenvalue weighted by molar-refractivity contribution is 0.155. The minimum absolute atomic E-state index is 0.0174. The van der Waals surface area contributed by atoms with E-state index >= 15 is 0 Å². The SMILES string of the molecule is C=NN1N=CC2=NCC=C(CC)N(C)C21. The van der Waals surface area contributed by atoms with E-state index in [2.05, 4.69) is 39.8 Å². The first kappa shape index (κ1) is 9.89. The Morgan fingerprint density at radius 2 is 2.47 bits per heavy atom. The van der Waals surface area contributed by atoms with E-state index in [1.165, 1.54) is 5.70 Å². The molecule has 1 atom stereocenters. The zero-order chi connectivity index (χ0) is 10.8. The fourth-order valence-electron chi connectivity index (χ4n) is 1.91. The predicted molar refractivity (Wildman–Crippen MR) is 62.1 cm³/mol. The lowest BCUT2D eigenvalue weighted by atomic mass is 10.2. The van der Waals surface area contributed by atoms with Crippen molar-refractivity contribution in [3.8, 4) is 0 Å². The summed E-state index contributed by atoms with van der Waals surface area (Å²) in [4.78, 5) is 6.60. The molecule has 0 amide bonds. The molecule has 0 aromatic rings. The molecule has 0 aromatic heterocycles. The molecular weight excluding hydrogens is 190 g/mol. The molecule has 0 aliphatic carbocycles. The van der Waals surface area contributed by atoms with E-state index in [-0.39, 0.29) is 6.17 Å². The Hall–Kier alpha value is -1.65. The largest absolute Gasteiger partial charge is 0.350 e. The van der Waals surface area contributed by atoms with Crippen LogP contribution >= 0.6 is 0 Å². The summed E-state index contributed by atoms with van der Waals surface area (Å²) in [5.74, 6) is 0. The minimum Gasteiger partial charge on any atom is -0.350 e. The lowest BCUT2D eigenvalue weighted by Gasteiger charge is -2.30. The van der Waals surface area contributed by atoms with Crippen molar-refractivity contribution in [1.29, 1.82) is 0 Å². The fourth-order valence-corrected chi connectivity index (χ4v) is 1.91. The predicted octanol–water partition coefficient (Wildman–Crippen LogP) is 0.910. The molecule has 0 saturated carbocycles. The van der Waals surface area contributed by atoms with Gasteiger partial charge in [-0.25, -0.2) is 0 Å². The summed E-state index contributed by atoms with van der Waals surface area (Å²) in [5.41, 5.74) is 2.21. The molecule has 0 aromatic carbocycles. The van der Waals surface area contributed by atoms with Crippen LogP contribution in [0.4, 0.5) is 0 Å². The van der Waals surface area contributed by atoms with Gasteiger partial charge in [-0.05, 0) is 12.5 Å². The van der Waals surface area contributed by atoms with E-state index in [9.17, 15) is 0 Å². The first-order valence-corrected chi connectivity index (χ1v) is 5.04. The zero-order valence-corrected chi connectivity index (χ0v) is 9.09. The first-order chi connectivity index (χ1) is 7.27. The number of hydrogen-bond acceptors (Lipinski definition) is 5. The Morgan fingerprint density at radius 3 is 3.13 bits per heavy atom. The number of nitrogens with zero attached hydrogens (tertiary/aromatic N) is 5. The van der Waals surface area contributed by atoms with Crippen LogP contribution in [0.15, 0.2) is 27.0 Å². The van der Waals surface area contributed by atoms with E-state index < -0.39 is 0 Å². The maximum atomic E-state index is 4.45. The molecule has 0 fully saturated rings. The molecule has 5 nitrogen and oxygen atoms in total. The normalized spacial score (nSPS) is 24.5. The molecule has 0 saturated heterocycles. The molecule has 2 aliphatic rings. The van der Waals surface area contributed by atoms with Gasteiger partial charge in [-0.15, -0.1) is 0 Å². The maximum Gasteiger partial charge on any atom is 0.186 e. The van der Waals surface area contributed by atoms with E-state index in [1.54, 1.807) is 11.3 Å². The highest BCUT2D eigenvalue weighted by Crippen LogP contribution is 2.21. The van der Waals surface area contributed by atoms with E-state index in [1.807, 2.05) is 7.05 Å². The molecule has 80 valence electrons. The fraction of sp³-hybridized carbons (Fsp3) is 0.500. The molecule has 2 aliphatic heterocycles. The van der Waals surface area contributed by atoms with E-state index in [4.69, 9.17) is 0 Å². The Kier molecular flexibility index (Phi) is 2.53. The van der Waals surface area contributed by atoms with Gasteiger partial charge >= 0.3 is 0 Å². The summed E-state index contributed by atoms with van der Waals surface area (Å²) in [7, 11) is 2.04. The second-order valence-electron chi connectivity index (χ2n) is 3.51. The highest BCUT2D eigenvalue weighted by atomic mass is 15.7. The minimum atomic E-state index is -0.0174. The maximum absolute atomic E-state index is 4.45. The van der Waals surface area contributed by atoms with Crippen LogP contribution in [-0.2, 0) is 0 Å². The molecule has 2 heterocycles. The molecule has 0 spiro atoms. The molecule has 2 rings (SSSR count). The number of rotatable bonds is 2. The van der Waals surface area contributed by atoms with Crippen LogP contribution in [-0.4, -0.2) is 48.4 Å². The monoisotopic (exact) mass is 205 g/mol. The van der Waals surface area contributed by atoms with Crippen LogP contribution in [0.25, 0.3) is 0 Å². The average molecular weight is 205 g/mol. The summed E-state index contributed by atoms with van der Waals surface area (Å²) in [6.07, 6.45) is 4.86. The Morgan fingerprint density at radius 1 is 1.67 bits per heavy atom. The van der Waals surface area contributed by atoms with Gasteiger partial charge in [-0.1, -0.05) is 6.92 Å². The number of hydrogen-bond donors (Lipinski definition) is 0. The van der Waals surface area contributed by atoms with Crippen molar-refractivity contribution in [1.82, 2.24) is 10.0 Å². The second kappa shape index (κ2) is 3.84. The van der Waals surface area contributed by atoms with Gasteiger partial charge in [0.15, 0.2) is 6.17 Å². The van der Waals surface area contributed by atoms with Gasteiger partial charge in [0.05, 0.1) is 12.8 Å². The smallest absolute Gasteiger partial charge is 0.186 e. The Bertz CT molecular complexity index is 355. The van der Waals surface area contributed by atoms with Crippen molar-refractivity contribution in [2.45, 2.75) is 19.5 Å². The van der Waals surface area contributed by atoms with Crippen LogP contribution in [0.2, 0.25) is 0 Å². The van der Waals surface area contributed by atoms with Gasteiger partial charge in [0.2, 0.25) is 0 Å². The molecule has 0 radical (unpaired) electrons. The van der Waals surface area contributed by atoms with Crippen molar-refractivity contribution in [3.05, 3.63) is 11.8 Å². The third kappa shape index (κ3) is 1.54. The molecule has 5 heteroatoms. The van der Waals surface area contributed by atoms with E-state index in [0.717, 1.165) is 18.7 Å². The average Bonchev–Trinajstić information content (AvgIpc) is 2.59. The first-order valence-electron chi connectivity index (χ1n) is 5.04. The standard InChI is InChI=1S/C10H15N5/c1-4-8-5-6-12-9-7-13-15(11-2)10(9)14(8)3/h5,7,10H,2,4,6H2,1,3H3. The number of hydrazone groups is 2. The van der Waals surface area contributed by atoms with Crippen molar-refractivity contribution in [2.24, 2.45) is 15.2 Å². The second-order valence-corrected chi connectivity index (χ2v) is 3.51. The van der Waals surface area contributed by atoms with Crippen LogP contribution in [0.3, 0.4) is 0 Å². The lowest BCUT2D eigenvalue weighted by Crippen LogP contribution is -2.43. The quantitative estimate of drug-likeness (QED) is 0.629. The number of allylic oxidation sites excluding steroid dienone is 1. The van der Waals surface area contributed by atoms with Gasteiger partial charge in [-0.3, -0.25) is 4.99 Å². The summed E-state index contributed by atoms with van der Waals surface area (Å²) < 4.78 is 0. The van der Waals surface area contributed by atoms with Gasteiger partial charge in [0.1, 0.15) is 5.71 Å². The number of aliphatic imine (C=N–C) groups is 1. The van der Waals surface area contributed by atoms with Crippen LogP contribution in [0.5, 0.6) is 0 Å². The van der Waals surface area contributed by atoms with Gasteiger partial charge in [0.25, 0.3) is 0 Å².